The molecule has 7 heteroatoms. The monoisotopic (exact) mass is 334 g/mol. The fourth-order valence-corrected chi connectivity index (χ4v) is 6.27. The predicted molar refractivity (Wildman–Crippen MR) is 87.1 cm³/mol. The van der Waals surface area contributed by atoms with E-state index in [1.165, 1.54) is 24.2 Å². The summed E-state index contributed by atoms with van der Waals surface area (Å²) in [5.74, 6) is 1.15. The SMILES string of the molecule is CNCc1sc(S(=O)(=O)NCC2CCCCS2)cc1C. The molecule has 0 saturated carbocycles. The molecule has 0 aromatic carbocycles. The summed E-state index contributed by atoms with van der Waals surface area (Å²) in [6.07, 6.45) is 3.58. The zero-order valence-corrected chi connectivity index (χ0v) is 14.4. The number of thioether (sulfide) groups is 1. The maximum absolute atomic E-state index is 12.3. The van der Waals surface area contributed by atoms with Crippen LogP contribution in [0.15, 0.2) is 10.3 Å². The molecule has 0 bridgehead atoms. The number of aryl methyl sites for hydroxylation is 1. The summed E-state index contributed by atoms with van der Waals surface area (Å²) in [5.41, 5.74) is 1.04. The van der Waals surface area contributed by atoms with Crippen LogP contribution in [0.5, 0.6) is 0 Å². The molecule has 114 valence electrons. The van der Waals surface area contributed by atoms with Crippen molar-refractivity contribution >= 4 is 33.1 Å². The first kappa shape index (κ1) is 16.3. The molecule has 0 radical (unpaired) electrons. The van der Waals surface area contributed by atoms with E-state index in [1.54, 1.807) is 6.07 Å². The van der Waals surface area contributed by atoms with E-state index in [0.29, 0.717) is 22.5 Å². The van der Waals surface area contributed by atoms with Gasteiger partial charge in [-0.05, 0) is 44.2 Å². The summed E-state index contributed by atoms with van der Waals surface area (Å²) < 4.78 is 27.8. The lowest BCUT2D eigenvalue weighted by molar-refractivity contribution is 0.575. The number of nitrogens with one attached hydrogen (secondary N) is 2. The normalized spacial score (nSPS) is 20.2. The molecule has 1 aliphatic heterocycles. The predicted octanol–water partition coefficient (Wildman–Crippen LogP) is 2.34. The van der Waals surface area contributed by atoms with E-state index in [9.17, 15) is 8.42 Å². The molecule has 1 unspecified atom stereocenters. The largest absolute Gasteiger partial charge is 0.315 e. The summed E-state index contributed by atoms with van der Waals surface area (Å²) in [6.45, 7) is 3.22. The van der Waals surface area contributed by atoms with Crippen LogP contribution < -0.4 is 10.0 Å². The van der Waals surface area contributed by atoms with Crippen molar-refractivity contribution in [1.29, 1.82) is 0 Å². The molecule has 1 fully saturated rings. The fourth-order valence-electron chi connectivity index (χ4n) is 2.20. The minimum Gasteiger partial charge on any atom is -0.315 e. The van der Waals surface area contributed by atoms with E-state index in [4.69, 9.17) is 0 Å². The van der Waals surface area contributed by atoms with Crippen LogP contribution in [0.1, 0.15) is 29.7 Å². The maximum Gasteiger partial charge on any atom is 0.250 e. The Balaban J connectivity index is 2.00. The first-order valence-corrected chi connectivity index (χ1v) is 10.2. The van der Waals surface area contributed by atoms with Gasteiger partial charge < -0.3 is 5.32 Å². The molecule has 0 amide bonds. The van der Waals surface area contributed by atoms with Crippen LogP contribution in [0.4, 0.5) is 0 Å². The number of sulfonamides is 1. The highest BCUT2D eigenvalue weighted by atomic mass is 32.2. The third-order valence-corrected chi connectivity index (χ3v) is 7.91. The zero-order chi connectivity index (χ0) is 14.6. The summed E-state index contributed by atoms with van der Waals surface area (Å²) in [5, 5.41) is 3.49. The zero-order valence-electron chi connectivity index (χ0n) is 11.9. The van der Waals surface area contributed by atoms with Gasteiger partial charge in [0.05, 0.1) is 0 Å². The third-order valence-electron chi connectivity index (χ3n) is 3.38. The highest BCUT2D eigenvalue weighted by Crippen LogP contribution is 2.27. The van der Waals surface area contributed by atoms with Crippen LogP contribution in [0.3, 0.4) is 0 Å². The Labute approximate surface area is 129 Å². The Kier molecular flexibility index (Phi) is 5.92. The summed E-state index contributed by atoms with van der Waals surface area (Å²) in [7, 11) is -1.49. The van der Waals surface area contributed by atoms with E-state index in [1.807, 2.05) is 25.7 Å². The van der Waals surface area contributed by atoms with Crippen molar-refractivity contribution < 1.29 is 8.42 Å². The lowest BCUT2D eigenvalue weighted by atomic mass is 10.2. The Hall–Kier alpha value is -0.0800. The molecule has 1 saturated heterocycles. The molecule has 20 heavy (non-hydrogen) atoms. The second-order valence-electron chi connectivity index (χ2n) is 5.04. The van der Waals surface area contributed by atoms with Crippen molar-refractivity contribution in [3.8, 4) is 0 Å². The minimum atomic E-state index is -3.35. The van der Waals surface area contributed by atoms with Gasteiger partial charge in [0.1, 0.15) is 4.21 Å². The number of thiophene rings is 1. The van der Waals surface area contributed by atoms with Crippen LogP contribution in [-0.2, 0) is 16.6 Å². The van der Waals surface area contributed by atoms with Crippen LogP contribution in [0.25, 0.3) is 0 Å². The quantitative estimate of drug-likeness (QED) is 0.838. The highest BCUT2D eigenvalue weighted by molar-refractivity contribution is 8.00. The van der Waals surface area contributed by atoms with Crippen molar-refractivity contribution in [1.82, 2.24) is 10.0 Å². The Morgan fingerprint density at radius 2 is 2.20 bits per heavy atom. The van der Waals surface area contributed by atoms with Gasteiger partial charge >= 0.3 is 0 Å². The molecule has 1 aliphatic rings. The molecule has 2 rings (SSSR count). The second-order valence-corrected chi connectivity index (χ2v) is 9.58. The molecule has 1 aromatic rings. The lowest BCUT2D eigenvalue weighted by Gasteiger charge is -2.21. The smallest absolute Gasteiger partial charge is 0.250 e. The van der Waals surface area contributed by atoms with Crippen LogP contribution >= 0.6 is 23.1 Å². The number of hydrogen-bond donors (Lipinski definition) is 2. The number of hydrogen-bond acceptors (Lipinski definition) is 5. The highest BCUT2D eigenvalue weighted by Gasteiger charge is 2.21. The van der Waals surface area contributed by atoms with Gasteiger partial charge in [-0.3, -0.25) is 0 Å². The van der Waals surface area contributed by atoms with Crippen molar-refractivity contribution in [3.63, 3.8) is 0 Å². The van der Waals surface area contributed by atoms with Gasteiger partial charge in [0, 0.05) is 23.2 Å². The molecule has 4 nitrogen and oxygen atoms in total. The molecule has 2 N–H and O–H groups in total. The average molecular weight is 335 g/mol. The van der Waals surface area contributed by atoms with Gasteiger partial charge in [-0.1, -0.05) is 6.42 Å². The van der Waals surface area contributed by atoms with Crippen molar-refractivity contribution in [3.05, 3.63) is 16.5 Å². The second kappa shape index (κ2) is 7.26. The first-order valence-electron chi connectivity index (χ1n) is 6.88. The van der Waals surface area contributed by atoms with Crippen LogP contribution in [0.2, 0.25) is 0 Å². The van der Waals surface area contributed by atoms with Crippen LogP contribution in [0, 0.1) is 6.92 Å². The third kappa shape index (κ3) is 4.21. The molecule has 1 aromatic heterocycles. The first-order chi connectivity index (χ1) is 9.53. The minimum absolute atomic E-state index is 0.427. The van der Waals surface area contributed by atoms with E-state index in [2.05, 4.69) is 10.0 Å². The molecule has 0 spiro atoms. The van der Waals surface area contributed by atoms with Gasteiger partial charge in [0.2, 0.25) is 10.0 Å². The van der Waals surface area contributed by atoms with Crippen LogP contribution in [-0.4, -0.2) is 33.0 Å². The van der Waals surface area contributed by atoms with Gasteiger partial charge in [0.25, 0.3) is 0 Å². The Morgan fingerprint density at radius 1 is 1.40 bits per heavy atom. The van der Waals surface area contributed by atoms with E-state index < -0.39 is 10.0 Å². The molecular formula is C13H22N2O2S3. The molecule has 2 heterocycles. The summed E-state index contributed by atoms with van der Waals surface area (Å²) in [4.78, 5) is 1.08. The average Bonchev–Trinajstić information content (AvgIpc) is 2.81. The number of rotatable bonds is 6. The molecule has 1 atom stereocenters. The topological polar surface area (TPSA) is 58.2 Å². The molecular weight excluding hydrogens is 312 g/mol. The summed E-state index contributed by atoms with van der Waals surface area (Å²) in [6, 6.07) is 1.77. The van der Waals surface area contributed by atoms with Gasteiger partial charge in [-0.2, -0.15) is 11.8 Å². The lowest BCUT2D eigenvalue weighted by Crippen LogP contribution is -2.31. The van der Waals surface area contributed by atoms with Crippen molar-refractivity contribution in [2.75, 3.05) is 19.3 Å². The van der Waals surface area contributed by atoms with Gasteiger partial charge in [0.15, 0.2) is 0 Å². The van der Waals surface area contributed by atoms with Gasteiger partial charge in [-0.25, -0.2) is 13.1 Å². The van der Waals surface area contributed by atoms with E-state index >= 15 is 0 Å². The van der Waals surface area contributed by atoms with Crippen molar-refractivity contribution in [2.24, 2.45) is 0 Å². The Morgan fingerprint density at radius 3 is 2.85 bits per heavy atom. The Bertz CT molecular complexity index is 534. The molecule has 0 aliphatic carbocycles. The standard InChI is InChI=1S/C13H22N2O2S3/c1-10-7-13(19-12(10)9-14-2)20(16,17)15-8-11-5-3-4-6-18-11/h7,11,14-15H,3-6,8-9H2,1-2H3. The van der Waals surface area contributed by atoms with Gasteiger partial charge in [-0.15, -0.1) is 11.3 Å². The van der Waals surface area contributed by atoms with E-state index in [-0.39, 0.29) is 0 Å². The van der Waals surface area contributed by atoms with E-state index in [0.717, 1.165) is 22.6 Å². The fraction of sp³-hybridized carbons (Fsp3) is 0.692. The van der Waals surface area contributed by atoms with Crippen molar-refractivity contribution in [2.45, 2.75) is 42.2 Å². The maximum atomic E-state index is 12.3. The summed E-state index contributed by atoms with van der Waals surface area (Å²) >= 11 is 3.24.